The Morgan fingerprint density at radius 1 is 1.30 bits per heavy atom. The van der Waals surface area contributed by atoms with Crippen LogP contribution in [-0.4, -0.2) is 30.5 Å². The van der Waals surface area contributed by atoms with Crippen LogP contribution < -0.4 is 4.74 Å². The summed E-state index contributed by atoms with van der Waals surface area (Å²) in [5, 5.41) is 10.7. The number of non-ortho nitro benzene ring substituents is 1. The van der Waals surface area contributed by atoms with Crippen molar-refractivity contribution in [2.45, 2.75) is 26.7 Å². The third kappa shape index (κ3) is 4.97. The first-order valence-electron chi connectivity index (χ1n) is 6.56. The van der Waals surface area contributed by atoms with Crippen molar-refractivity contribution in [2.75, 3.05) is 19.8 Å². The minimum atomic E-state index is -0.538. The lowest BCUT2D eigenvalue weighted by Crippen LogP contribution is -2.09. The van der Waals surface area contributed by atoms with Crippen LogP contribution in [0.3, 0.4) is 0 Å². The first kappa shape index (κ1) is 16.1. The van der Waals surface area contributed by atoms with E-state index in [1.807, 2.05) is 0 Å². The molecule has 0 aliphatic carbocycles. The van der Waals surface area contributed by atoms with Crippen molar-refractivity contribution in [3.05, 3.63) is 33.9 Å². The van der Waals surface area contributed by atoms with E-state index in [1.165, 1.54) is 25.1 Å². The molecule has 0 fully saturated rings. The van der Waals surface area contributed by atoms with Crippen molar-refractivity contribution in [1.82, 2.24) is 0 Å². The van der Waals surface area contributed by atoms with Gasteiger partial charge in [0.25, 0.3) is 5.69 Å². The minimum absolute atomic E-state index is 0.123. The summed E-state index contributed by atoms with van der Waals surface area (Å²) < 4.78 is 10.8. The molecule has 1 rings (SSSR count). The quantitative estimate of drug-likeness (QED) is 0.301. The molecule has 6 heteroatoms. The summed E-state index contributed by atoms with van der Waals surface area (Å²) in [5.74, 6) is 0.0813. The van der Waals surface area contributed by atoms with Gasteiger partial charge in [0.1, 0.15) is 12.4 Å². The zero-order chi connectivity index (χ0) is 15.0. The van der Waals surface area contributed by atoms with E-state index in [4.69, 9.17) is 9.47 Å². The largest absolute Gasteiger partial charge is 0.490 e. The number of hydrogen-bond acceptors (Lipinski definition) is 5. The summed E-state index contributed by atoms with van der Waals surface area (Å²) in [7, 11) is 0. The van der Waals surface area contributed by atoms with Crippen molar-refractivity contribution in [2.24, 2.45) is 0 Å². The smallest absolute Gasteiger partial charge is 0.270 e. The molecular weight excluding hydrogens is 262 g/mol. The van der Waals surface area contributed by atoms with Crippen molar-refractivity contribution < 1.29 is 19.2 Å². The predicted octanol–water partition coefficient (Wildman–Crippen LogP) is 2.99. The Kier molecular flexibility index (Phi) is 6.66. The highest BCUT2D eigenvalue weighted by molar-refractivity contribution is 5.97. The number of rotatable bonds is 9. The lowest BCUT2D eigenvalue weighted by molar-refractivity contribution is -0.384. The van der Waals surface area contributed by atoms with E-state index in [2.05, 4.69) is 6.92 Å². The van der Waals surface area contributed by atoms with Gasteiger partial charge in [-0.15, -0.1) is 0 Å². The van der Waals surface area contributed by atoms with Crippen LogP contribution in [0, 0.1) is 10.1 Å². The molecule has 0 radical (unpaired) electrons. The number of Topliss-reactive ketones (excluding diaryl/α,β-unsaturated/α-hetero) is 1. The van der Waals surface area contributed by atoms with Gasteiger partial charge in [0.15, 0.2) is 5.78 Å². The number of ketones is 1. The molecule has 0 heterocycles. The molecule has 1 aromatic carbocycles. The van der Waals surface area contributed by atoms with Crippen LogP contribution in [0.5, 0.6) is 5.75 Å². The monoisotopic (exact) mass is 281 g/mol. The van der Waals surface area contributed by atoms with Crippen LogP contribution in [-0.2, 0) is 4.74 Å². The van der Waals surface area contributed by atoms with E-state index in [0.717, 1.165) is 12.8 Å². The number of nitrogens with zero attached hydrogens (tertiary/aromatic N) is 1. The highest BCUT2D eigenvalue weighted by Crippen LogP contribution is 2.24. The fraction of sp³-hybridized carbons (Fsp3) is 0.500. The number of hydrogen-bond donors (Lipinski definition) is 0. The first-order valence-corrected chi connectivity index (χ1v) is 6.56. The van der Waals surface area contributed by atoms with Gasteiger partial charge in [-0.1, -0.05) is 13.3 Å². The second-order valence-corrected chi connectivity index (χ2v) is 4.31. The van der Waals surface area contributed by atoms with E-state index in [9.17, 15) is 14.9 Å². The molecule has 0 spiro atoms. The molecule has 6 nitrogen and oxygen atoms in total. The van der Waals surface area contributed by atoms with Gasteiger partial charge in [0.05, 0.1) is 17.1 Å². The van der Waals surface area contributed by atoms with Gasteiger partial charge in [-0.25, -0.2) is 0 Å². The number of ether oxygens (including phenoxy) is 2. The molecule has 20 heavy (non-hydrogen) atoms. The van der Waals surface area contributed by atoms with Gasteiger partial charge >= 0.3 is 0 Å². The average Bonchev–Trinajstić information content (AvgIpc) is 2.42. The second-order valence-electron chi connectivity index (χ2n) is 4.31. The number of nitro groups is 1. The van der Waals surface area contributed by atoms with Crippen molar-refractivity contribution in [3.63, 3.8) is 0 Å². The maximum Gasteiger partial charge on any atom is 0.270 e. The van der Waals surface area contributed by atoms with Gasteiger partial charge in [-0.2, -0.15) is 0 Å². The first-order chi connectivity index (χ1) is 9.56. The third-order valence-electron chi connectivity index (χ3n) is 2.68. The molecular formula is C14H19NO5. The summed E-state index contributed by atoms with van der Waals surface area (Å²) in [4.78, 5) is 21.6. The van der Waals surface area contributed by atoms with Gasteiger partial charge in [0.2, 0.25) is 0 Å². The molecule has 0 atom stereocenters. The number of carbonyl (C=O) groups is 1. The second kappa shape index (κ2) is 8.27. The number of nitro benzene ring substituents is 1. The van der Waals surface area contributed by atoms with Crippen LogP contribution >= 0.6 is 0 Å². The number of unbranched alkanes of at least 4 members (excludes halogenated alkanes) is 1. The molecule has 110 valence electrons. The summed E-state index contributed by atoms with van der Waals surface area (Å²) in [5.41, 5.74) is 0.0921. The Hall–Kier alpha value is -1.95. The van der Waals surface area contributed by atoms with Crippen molar-refractivity contribution in [3.8, 4) is 5.75 Å². The molecule has 0 aliphatic rings. The Morgan fingerprint density at radius 3 is 2.65 bits per heavy atom. The minimum Gasteiger partial charge on any atom is -0.490 e. The summed E-state index contributed by atoms with van der Waals surface area (Å²) in [6.45, 7) is 4.84. The molecule has 0 bridgehead atoms. The summed E-state index contributed by atoms with van der Waals surface area (Å²) >= 11 is 0. The topological polar surface area (TPSA) is 78.7 Å². The van der Waals surface area contributed by atoms with Gasteiger partial charge in [0, 0.05) is 18.7 Å². The van der Waals surface area contributed by atoms with Crippen LogP contribution in [0.25, 0.3) is 0 Å². The van der Waals surface area contributed by atoms with Gasteiger partial charge in [-0.05, 0) is 19.4 Å². The standard InChI is InChI=1S/C14H19NO5/c1-3-4-7-19-8-9-20-14-6-5-12(15(17)18)10-13(14)11(2)16/h5-6,10H,3-4,7-9H2,1-2H3. The highest BCUT2D eigenvalue weighted by Gasteiger charge is 2.14. The normalized spacial score (nSPS) is 10.3. The number of carbonyl (C=O) groups excluding carboxylic acids is 1. The van der Waals surface area contributed by atoms with Gasteiger partial charge < -0.3 is 9.47 Å². The molecule has 0 N–H and O–H groups in total. The van der Waals surface area contributed by atoms with E-state index in [-0.39, 0.29) is 17.0 Å². The Bertz CT molecular complexity index is 473. The molecule has 1 aromatic rings. The van der Waals surface area contributed by atoms with Crippen LogP contribution in [0.4, 0.5) is 5.69 Å². The zero-order valence-corrected chi connectivity index (χ0v) is 11.8. The van der Waals surface area contributed by atoms with Crippen LogP contribution in [0.2, 0.25) is 0 Å². The molecule has 0 saturated carbocycles. The third-order valence-corrected chi connectivity index (χ3v) is 2.68. The molecule has 0 unspecified atom stereocenters. The van der Waals surface area contributed by atoms with Gasteiger partial charge in [-0.3, -0.25) is 14.9 Å². The average molecular weight is 281 g/mol. The SMILES string of the molecule is CCCCOCCOc1ccc([N+](=O)[O-])cc1C(C)=O. The maximum atomic E-state index is 11.5. The summed E-state index contributed by atoms with van der Waals surface area (Å²) in [6, 6.07) is 4.00. The molecule has 0 aromatic heterocycles. The van der Waals surface area contributed by atoms with E-state index in [0.29, 0.717) is 25.6 Å². The van der Waals surface area contributed by atoms with Crippen molar-refractivity contribution >= 4 is 11.5 Å². The maximum absolute atomic E-state index is 11.5. The highest BCUT2D eigenvalue weighted by atomic mass is 16.6. The van der Waals surface area contributed by atoms with E-state index >= 15 is 0 Å². The molecule has 0 saturated heterocycles. The fourth-order valence-corrected chi connectivity index (χ4v) is 1.59. The summed E-state index contributed by atoms with van der Waals surface area (Å²) in [6.07, 6.45) is 2.06. The lowest BCUT2D eigenvalue weighted by atomic mass is 10.1. The molecule has 0 amide bonds. The Balaban J connectivity index is 2.60. The fourth-order valence-electron chi connectivity index (χ4n) is 1.59. The Morgan fingerprint density at radius 2 is 2.05 bits per heavy atom. The number of benzene rings is 1. The lowest BCUT2D eigenvalue weighted by Gasteiger charge is -2.10. The van der Waals surface area contributed by atoms with E-state index in [1.54, 1.807) is 0 Å². The van der Waals surface area contributed by atoms with Crippen molar-refractivity contribution in [1.29, 1.82) is 0 Å². The van der Waals surface area contributed by atoms with Crippen LogP contribution in [0.1, 0.15) is 37.0 Å². The predicted molar refractivity (Wildman–Crippen MR) is 74.3 cm³/mol. The zero-order valence-electron chi connectivity index (χ0n) is 11.8. The van der Waals surface area contributed by atoms with E-state index < -0.39 is 4.92 Å². The van der Waals surface area contributed by atoms with Crippen LogP contribution in [0.15, 0.2) is 18.2 Å². The molecule has 0 aliphatic heterocycles. The Labute approximate surface area is 117 Å².